The van der Waals surface area contributed by atoms with Gasteiger partial charge in [0, 0.05) is 12.5 Å². The zero-order valence-corrected chi connectivity index (χ0v) is 12.9. The summed E-state index contributed by atoms with van der Waals surface area (Å²) in [5.41, 5.74) is 1.44. The Labute approximate surface area is 136 Å². The van der Waals surface area contributed by atoms with E-state index < -0.39 is 11.6 Å². The monoisotopic (exact) mass is 326 g/mol. The van der Waals surface area contributed by atoms with Crippen LogP contribution in [0, 0.1) is 11.6 Å². The summed E-state index contributed by atoms with van der Waals surface area (Å²) >= 11 is 1.62. The van der Waals surface area contributed by atoms with E-state index in [1.54, 1.807) is 11.8 Å². The van der Waals surface area contributed by atoms with Crippen molar-refractivity contribution in [2.45, 2.75) is 16.2 Å². The standard InChI is InChI=1S/C19H12F2OS/c20-14-9-8-12(15(21)11-14)10-13-4-3-6-17-19(13)23-18-7-2-1-5-16(18)22-17/h1-9,11H,10H2. The first-order valence-corrected chi connectivity index (χ1v) is 8.03. The van der Waals surface area contributed by atoms with E-state index in [9.17, 15) is 8.78 Å². The van der Waals surface area contributed by atoms with Crippen LogP contribution in [0.3, 0.4) is 0 Å². The molecule has 0 radical (unpaired) electrons. The lowest BCUT2D eigenvalue weighted by Crippen LogP contribution is -2.00. The van der Waals surface area contributed by atoms with Crippen LogP contribution >= 0.6 is 11.8 Å². The minimum Gasteiger partial charge on any atom is -0.455 e. The highest BCUT2D eigenvalue weighted by Gasteiger charge is 2.20. The summed E-state index contributed by atoms with van der Waals surface area (Å²) in [7, 11) is 0. The van der Waals surface area contributed by atoms with Crippen molar-refractivity contribution >= 4 is 11.8 Å². The zero-order valence-electron chi connectivity index (χ0n) is 12.1. The van der Waals surface area contributed by atoms with E-state index in [4.69, 9.17) is 4.74 Å². The summed E-state index contributed by atoms with van der Waals surface area (Å²) in [5, 5.41) is 0. The maximum Gasteiger partial charge on any atom is 0.141 e. The number of benzene rings is 3. The van der Waals surface area contributed by atoms with Crippen molar-refractivity contribution in [1.29, 1.82) is 0 Å². The van der Waals surface area contributed by atoms with Crippen molar-refractivity contribution in [3.05, 3.63) is 83.4 Å². The first-order valence-electron chi connectivity index (χ1n) is 7.21. The van der Waals surface area contributed by atoms with Crippen molar-refractivity contribution < 1.29 is 13.5 Å². The van der Waals surface area contributed by atoms with E-state index in [-0.39, 0.29) is 0 Å². The fraction of sp³-hybridized carbons (Fsp3) is 0.0526. The maximum absolute atomic E-state index is 13.9. The van der Waals surface area contributed by atoms with Crippen LogP contribution in [0.1, 0.15) is 11.1 Å². The molecule has 4 rings (SSSR count). The van der Waals surface area contributed by atoms with Crippen LogP contribution in [0.4, 0.5) is 8.78 Å². The minimum absolute atomic E-state index is 0.397. The van der Waals surface area contributed by atoms with Gasteiger partial charge < -0.3 is 4.74 Å². The predicted octanol–water partition coefficient (Wildman–Crippen LogP) is 5.81. The lowest BCUT2D eigenvalue weighted by molar-refractivity contribution is 0.453. The second-order valence-corrected chi connectivity index (χ2v) is 6.36. The average molecular weight is 326 g/mol. The van der Waals surface area contributed by atoms with Gasteiger partial charge in [-0.15, -0.1) is 0 Å². The molecule has 1 heterocycles. The number of ether oxygens (including phenoxy) is 1. The Bertz CT molecular complexity index is 892. The number of para-hydroxylation sites is 1. The van der Waals surface area contributed by atoms with E-state index in [2.05, 4.69) is 0 Å². The van der Waals surface area contributed by atoms with Crippen LogP contribution in [0.25, 0.3) is 0 Å². The van der Waals surface area contributed by atoms with Crippen LogP contribution in [0.2, 0.25) is 0 Å². The quantitative estimate of drug-likeness (QED) is 0.459. The van der Waals surface area contributed by atoms with E-state index >= 15 is 0 Å². The van der Waals surface area contributed by atoms with E-state index in [0.717, 1.165) is 32.9 Å². The van der Waals surface area contributed by atoms with Crippen molar-refractivity contribution in [3.8, 4) is 11.5 Å². The normalized spacial score (nSPS) is 12.3. The van der Waals surface area contributed by atoms with Crippen molar-refractivity contribution in [2.75, 3.05) is 0 Å². The molecule has 0 atom stereocenters. The van der Waals surface area contributed by atoms with Crippen molar-refractivity contribution in [2.24, 2.45) is 0 Å². The zero-order chi connectivity index (χ0) is 15.8. The molecule has 114 valence electrons. The molecule has 3 aromatic carbocycles. The van der Waals surface area contributed by atoms with Crippen LogP contribution in [0.5, 0.6) is 11.5 Å². The molecular formula is C19H12F2OS. The van der Waals surface area contributed by atoms with E-state index in [1.165, 1.54) is 12.1 Å². The fourth-order valence-electron chi connectivity index (χ4n) is 2.61. The summed E-state index contributed by atoms with van der Waals surface area (Å²) in [4.78, 5) is 2.02. The summed E-state index contributed by atoms with van der Waals surface area (Å²) in [6, 6.07) is 17.3. The lowest BCUT2D eigenvalue weighted by atomic mass is 10.0. The fourth-order valence-corrected chi connectivity index (χ4v) is 3.67. The third-order valence-corrected chi connectivity index (χ3v) is 4.96. The third-order valence-electron chi connectivity index (χ3n) is 3.74. The van der Waals surface area contributed by atoms with Gasteiger partial charge in [0.05, 0.1) is 9.79 Å². The van der Waals surface area contributed by atoms with Gasteiger partial charge in [-0.3, -0.25) is 0 Å². The molecule has 4 heteroatoms. The summed E-state index contributed by atoms with van der Waals surface area (Å²) in [5.74, 6) is 0.515. The second kappa shape index (κ2) is 5.70. The number of hydrogen-bond acceptors (Lipinski definition) is 2. The molecule has 0 spiro atoms. The number of rotatable bonds is 2. The molecule has 0 fully saturated rings. The molecule has 0 bridgehead atoms. The topological polar surface area (TPSA) is 9.23 Å². The summed E-state index contributed by atoms with van der Waals surface area (Å²) < 4.78 is 32.9. The number of hydrogen-bond donors (Lipinski definition) is 0. The summed E-state index contributed by atoms with van der Waals surface area (Å²) in [6.07, 6.45) is 0.397. The van der Waals surface area contributed by atoms with Gasteiger partial charge in [-0.05, 0) is 35.4 Å². The Hall–Kier alpha value is -2.33. The molecule has 0 amide bonds. The molecule has 1 nitrogen and oxygen atoms in total. The molecule has 0 saturated carbocycles. The van der Waals surface area contributed by atoms with Crippen LogP contribution in [0.15, 0.2) is 70.5 Å². The molecule has 0 unspecified atom stereocenters. The largest absolute Gasteiger partial charge is 0.455 e. The molecule has 0 aromatic heterocycles. The van der Waals surface area contributed by atoms with Gasteiger partial charge in [-0.25, -0.2) is 8.78 Å². The molecule has 23 heavy (non-hydrogen) atoms. The molecule has 0 aliphatic carbocycles. The smallest absolute Gasteiger partial charge is 0.141 e. The van der Waals surface area contributed by atoms with Crippen LogP contribution in [-0.4, -0.2) is 0 Å². The molecule has 0 saturated heterocycles. The Morgan fingerprint density at radius 3 is 2.52 bits per heavy atom. The highest BCUT2D eigenvalue weighted by molar-refractivity contribution is 7.99. The lowest BCUT2D eigenvalue weighted by Gasteiger charge is -2.21. The van der Waals surface area contributed by atoms with Gasteiger partial charge >= 0.3 is 0 Å². The average Bonchev–Trinajstić information content (AvgIpc) is 2.56. The van der Waals surface area contributed by atoms with Crippen molar-refractivity contribution in [1.82, 2.24) is 0 Å². The van der Waals surface area contributed by atoms with Crippen LogP contribution < -0.4 is 4.74 Å². The van der Waals surface area contributed by atoms with E-state index in [0.29, 0.717) is 12.0 Å². The van der Waals surface area contributed by atoms with Crippen molar-refractivity contribution in [3.63, 3.8) is 0 Å². The van der Waals surface area contributed by atoms with Gasteiger partial charge in [-0.1, -0.05) is 42.1 Å². The summed E-state index contributed by atoms with van der Waals surface area (Å²) in [6.45, 7) is 0. The third kappa shape index (κ3) is 2.70. The van der Waals surface area contributed by atoms with E-state index in [1.807, 2.05) is 42.5 Å². The van der Waals surface area contributed by atoms with Gasteiger partial charge in [-0.2, -0.15) is 0 Å². The molecule has 1 aliphatic heterocycles. The molecule has 1 aliphatic rings. The Kier molecular flexibility index (Phi) is 3.54. The molecule has 3 aromatic rings. The molecule has 0 N–H and O–H groups in total. The second-order valence-electron chi connectivity index (χ2n) is 5.31. The van der Waals surface area contributed by atoms with Gasteiger partial charge in [0.1, 0.15) is 23.1 Å². The minimum atomic E-state index is -0.562. The van der Waals surface area contributed by atoms with Crippen LogP contribution in [-0.2, 0) is 6.42 Å². The highest BCUT2D eigenvalue weighted by atomic mass is 32.2. The molecular weight excluding hydrogens is 314 g/mol. The first kappa shape index (κ1) is 14.3. The number of halogens is 2. The van der Waals surface area contributed by atoms with Gasteiger partial charge in [0.15, 0.2) is 0 Å². The highest BCUT2D eigenvalue weighted by Crippen LogP contribution is 2.48. The Balaban J connectivity index is 1.72. The SMILES string of the molecule is Fc1ccc(Cc2cccc3c2Sc2ccccc2O3)c(F)c1. The first-order chi connectivity index (χ1) is 11.2. The Morgan fingerprint density at radius 2 is 1.65 bits per heavy atom. The van der Waals surface area contributed by atoms with Gasteiger partial charge in [0.2, 0.25) is 0 Å². The van der Waals surface area contributed by atoms with Gasteiger partial charge in [0.25, 0.3) is 0 Å². The maximum atomic E-state index is 13.9. The number of fused-ring (bicyclic) bond motifs is 2. The predicted molar refractivity (Wildman–Crippen MR) is 86.2 cm³/mol. The Morgan fingerprint density at radius 1 is 0.826 bits per heavy atom.